The molecule has 0 fully saturated rings. The van der Waals surface area contributed by atoms with Gasteiger partial charge in [0.25, 0.3) is 15.9 Å². The smallest absolute Gasteiger partial charge is 0.262 e. The van der Waals surface area contributed by atoms with Crippen LogP contribution in [0.4, 0.5) is 5.69 Å². The summed E-state index contributed by atoms with van der Waals surface area (Å²) in [6.45, 7) is 5.61. The molecule has 0 saturated heterocycles. The molecule has 0 unspecified atom stereocenters. The van der Waals surface area contributed by atoms with Crippen molar-refractivity contribution in [3.8, 4) is 11.5 Å². The van der Waals surface area contributed by atoms with Gasteiger partial charge >= 0.3 is 0 Å². The van der Waals surface area contributed by atoms with Gasteiger partial charge in [0.2, 0.25) is 0 Å². The molecule has 0 aliphatic carbocycles. The summed E-state index contributed by atoms with van der Waals surface area (Å²) < 4.78 is 38.1. The van der Waals surface area contributed by atoms with Crippen molar-refractivity contribution in [2.24, 2.45) is 0 Å². The number of hydrogen-bond acceptors (Lipinski definition) is 5. The minimum atomic E-state index is -3.87. The van der Waals surface area contributed by atoms with E-state index in [2.05, 4.69) is 10.0 Å². The topological polar surface area (TPSA) is 93.7 Å². The maximum Gasteiger partial charge on any atom is 0.262 e. The van der Waals surface area contributed by atoms with Gasteiger partial charge in [-0.2, -0.15) is 0 Å². The molecule has 2 rings (SSSR count). The Hall–Kier alpha value is -2.74. The van der Waals surface area contributed by atoms with E-state index in [-0.39, 0.29) is 22.0 Å². The second-order valence-corrected chi connectivity index (χ2v) is 8.58. The van der Waals surface area contributed by atoms with E-state index in [4.69, 9.17) is 9.47 Å². The minimum absolute atomic E-state index is 0.0275. The molecule has 2 aromatic carbocycles. The van der Waals surface area contributed by atoms with Crippen molar-refractivity contribution in [2.45, 2.75) is 31.2 Å². The molecule has 2 aromatic rings. The van der Waals surface area contributed by atoms with Crippen LogP contribution < -0.4 is 19.5 Å². The van der Waals surface area contributed by atoms with Crippen LogP contribution in [-0.4, -0.2) is 34.1 Å². The minimum Gasteiger partial charge on any atom is -0.497 e. The van der Waals surface area contributed by atoms with Crippen LogP contribution in [0.3, 0.4) is 0 Å². The van der Waals surface area contributed by atoms with Crippen molar-refractivity contribution in [2.75, 3.05) is 18.9 Å². The number of rotatable bonds is 6. The lowest BCUT2D eigenvalue weighted by Crippen LogP contribution is -2.40. The summed E-state index contributed by atoms with van der Waals surface area (Å²) in [6.07, 6.45) is 0. The van der Waals surface area contributed by atoms with Gasteiger partial charge in [-0.05, 0) is 57.2 Å². The molecule has 0 aliphatic heterocycles. The molecule has 0 atom stereocenters. The Morgan fingerprint density at radius 1 is 0.963 bits per heavy atom. The summed E-state index contributed by atoms with van der Waals surface area (Å²) in [5.41, 5.74) is 0.251. The third-order valence-corrected chi connectivity index (χ3v) is 4.95. The highest BCUT2D eigenvalue weighted by molar-refractivity contribution is 7.92. The van der Waals surface area contributed by atoms with Gasteiger partial charge in [0.05, 0.1) is 24.8 Å². The van der Waals surface area contributed by atoms with Crippen molar-refractivity contribution >= 4 is 21.6 Å². The van der Waals surface area contributed by atoms with Crippen molar-refractivity contribution in [3.63, 3.8) is 0 Å². The maximum absolute atomic E-state index is 12.7. The molecular formula is C19H24N2O5S. The molecule has 146 valence electrons. The zero-order chi connectivity index (χ0) is 20.2. The molecular weight excluding hydrogens is 368 g/mol. The average Bonchev–Trinajstić information content (AvgIpc) is 2.60. The first kappa shape index (κ1) is 20.6. The summed E-state index contributed by atoms with van der Waals surface area (Å²) in [7, 11) is -0.932. The molecule has 0 aliphatic rings. The van der Waals surface area contributed by atoms with Crippen LogP contribution in [0.25, 0.3) is 0 Å². The van der Waals surface area contributed by atoms with Crippen LogP contribution >= 0.6 is 0 Å². The molecule has 8 heteroatoms. The van der Waals surface area contributed by atoms with E-state index in [1.807, 2.05) is 20.8 Å². The van der Waals surface area contributed by atoms with Gasteiger partial charge in [-0.1, -0.05) is 0 Å². The standard InChI is InChI=1S/C19H24N2O5S/c1-19(2,3)20-18(22)13-6-9-15(10-7-13)27(23,24)21-16-12-14(25-4)8-11-17(16)26-5/h6-12,21H,1-5H3,(H,20,22). The van der Waals surface area contributed by atoms with E-state index in [0.29, 0.717) is 17.1 Å². The average molecular weight is 392 g/mol. The van der Waals surface area contributed by atoms with Crippen molar-refractivity contribution < 1.29 is 22.7 Å². The normalized spacial score (nSPS) is 11.6. The van der Waals surface area contributed by atoms with Gasteiger partial charge in [0, 0.05) is 17.2 Å². The second-order valence-electron chi connectivity index (χ2n) is 6.90. The summed E-state index contributed by atoms with van der Waals surface area (Å²) in [6, 6.07) is 10.5. The Morgan fingerprint density at radius 2 is 1.59 bits per heavy atom. The van der Waals surface area contributed by atoms with Crippen LogP contribution in [0, 0.1) is 0 Å². The van der Waals surface area contributed by atoms with E-state index in [9.17, 15) is 13.2 Å². The van der Waals surface area contributed by atoms with Crippen LogP contribution in [-0.2, 0) is 10.0 Å². The Kier molecular flexibility index (Phi) is 6.00. The van der Waals surface area contributed by atoms with Crippen LogP contribution in [0.2, 0.25) is 0 Å². The van der Waals surface area contributed by atoms with Gasteiger partial charge in [-0.25, -0.2) is 8.42 Å². The van der Waals surface area contributed by atoms with Crippen LogP contribution in [0.15, 0.2) is 47.4 Å². The molecule has 7 nitrogen and oxygen atoms in total. The molecule has 0 aromatic heterocycles. The number of amides is 1. The zero-order valence-corrected chi connectivity index (χ0v) is 16.8. The van der Waals surface area contributed by atoms with Gasteiger partial charge < -0.3 is 14.8 Å². The van der Waals surface area contributed by atoms with Crippen molar-refractivity contribution in [3.05, 3.63) is 48.0 Å². The number of sulfonamides is 1. The molecule has 2 N–H and O–H groups in total. The molecule has 0 saturated carbocycles. The number of carbonyl (C=O) groups is 1. The Labute approximate surface area is 159 Å². The number of benzene rings is 2. The van der Waals surface area contributed by atoms with E-state index in [1.54, 1.807) is 12.1 Å². The quantitative estimate of drug-likeness (QED) is 0.788. The first-order valence-corrected chi connectivity index (χ1v) is 9.71. The fourth-order valence-corrected chi connectivity index (χ4v) is 3.36. The highest BCUT2D eigenvalue weighted by Crippen LogP contribution is 2.30. The molecule has 0 spiro atoms. The fourth-order valence-electron chi connectivity index (χ4n) is 2.30. The zero-order valence-electron chi connectivity index (χ0n) is 16.0. The number of nitrogens with one attached hydrogen (secondary N) is 2. The third kappa shape index (κ3) is 5.37. The van der Waals surface area contributed by atoms with Crippen LogP contribution in [0.1, 0.15) is 31.1 Å². The van der Waals surface area contributed by atoms with Crippen LogP contribution in [0.5, 0.6) is 11.5 Å². The first-order valence-electron chi connectivity index (χ1n) is 8.23. The highest BCUT2D eigenvalue weighted by atomic mass is 32.2. The number of ether oxygens (including phenoxy) is 2. The lowest BCUT2D eigenvalue weighted by atomic mass is 10.1. The largest absolute Gasteiger partial charge is 0.497 e. The van der Waals surface area contributed by atoms with E-state index < -0.39 is 10.0 Å². The number of anilines is 1. The summed E-state index contributed by atoms with van der Waals surface area (Å²) in [5, 5.41) is 2.83. The van der Waals surface area contributed by atoms with E-state index >= 15 is 0 Å². The summed E-state index contributed by atoms with van der Waals surface area (Å²) in [4.78, 5) is 12.2. The van der Waals surface area contributed by atoms with Crippen molar-refractivity contribution in [1.82, 2.24) is 5.32 Å². The lowest BCUT2D eigenvalue weighted by molar-refractivity contribution is 0.0919. The monoisotopic (exact) mass is 392 g/mol. The third-order valence-electron chi connectivity index (χ3n) is 3.57. The molecule has 27 heavy (non-hydrogen) atoms. The lowest BCUT2D eigenvalue weighted by Gasteiger charge is -2.20. The fraction of sp³-hybridized carbons (Fsp3) is 0.316. The summed E-state index contributed by atoms with van der Waals surface area (Å²) in [5.74, 6) is 0.581. The number of carbonyl (C=O) groups excluding carboxylic acids is 1. The predicted octanol–water partition coefficient (Wildman–Crippen LogP) is 3.03. The number of hydrogen-bond donors (Lipinski definition) is 2. The van der Waals surface area contributed by atoms with Gasteiger partial charge in [-0.15, -0.1) is 0 Å². The van der Waals surface area contributed by atoms with Crippen molar-refractivity contribution in [1.29, 1.82) is 0 Å². The highest BCUT2D eigenvalue weighted by Gasteiger charge is 2.19. The molecule has 0 radical (unpaired) electrons. The molecule has 1 amide bonds. The Morgan fingerprint density at radius 3 is 2.11 bits per heavy atom. The molecule has 0 heterocycles. The second kappa shape index (κ2) is 7.87. The van der Waals surface area contributed by atoms with Gasteiger partial charge in [0.15, 0.2) is 0 Å². The van der Waals surface area contributed by atoms with Gasteiger partial charge in [-0.3, -0.25) is 9.52 Å². The van der Waals surface area contributed by atoms with E-state index in [0.717, 1.165) is 0 Å². The molecule has 0 bridgehead atoms. The first-order chi connectivity index (χ1) is 12.6. The SMILES string of the molecule is COc1ccc(OC)c(NS(=O)(=O)c2ccc(C(=O)NC(C)(C)C)cc2)c1. The summed E-state index contributed by atoms with van der Waals surface area (Å²) >= 11 is 0. The van der Waals surface area contributed by atoms with Gasteiger partial charge in [0.1, 0.15) is 11.5 Å². The Balaban J connectivity index is 2.26. The maximum atomic E-state index is 12.7. The number of methoxy groups -OCH3 is 2. The van der Waals surface area contributed by atoms with E-state index in [1.165, 1.54) is 44.6 Å². The Bertz CT molecular complexity index is 916. The predicted molar refractivity (Wildman–Crippen MR) is 104 cm³/mol.